The number of amides is 1. The van der Waals surface area contributed by atoms with E-state index < -0.39 is 0 Å². The minimum Gasteiger partial charge on any atom is -0.399 e. The maximum absolute atomic E-state index is 12.1. The van der Waals surface area contributed by atoms with Gasteiger partial charge in [0.05, 0.1) is 11.4 Å². The van der Waals surface area contributed by atoms with Gasteiger partial charge in [0.25, 0.3) is 5.91 Å². The first-order valence-corrected chi connectivity index (χ1v) is 5.94. The monoisotopic (exact) mass is 276 g/mol. The van der Waals surface area contributed by atoms with E-state index in [-0.39, 0.29) is 5.91 Å². The normalized spacial score (nSPS) is 10.2. The van der Waals surface area contributed by atoms with Gasteiger partial charge < -0.3 is 16.8 Å². The second-order valence-corrected chi connectivity index (χ2v) is 4.50. The van der Waals surface area contributed by atoms with E-state index >= 15 is 0 Å². The maximum atomic E-state index is 12.1. The Bertz CT molecular complexity index is 622. The molecule has 0 aliphatic rings. The summed E-state index contributed by atoms with van der Waals surface area (Å²) in [5.41, 5.74) is 13.8. The lowest BCUT2D eigenvalue weighted by atomic mass is 10.1. The van der Waals surface area contributed by atoms with E-state index in [9.17, 15) is 4.79 Å². The molecule has 5 N–H and O–H groups in total. The standard InChI is InChI=1S/C13H13ClN4O/c1-7-11(2-3-12(14)17-7)18-13(19)8-4-9(15)6-10(16)5-8/h2-6H,15-16H2,1H3,(H,18,19). The minimum atomic E-state index is -0.300. The van der Waals surface area contributed by atoms with Crippen molar-refractivity contribution in [3.63, 3.8) is 0 Å². The summed E-state index contributed by atoms with van der Waals surface area (Å²) < 4.78 is 0. The van der Waals surface area contributed by atoms with Crippen LogP contribution in [0.2, 0.25) is 5.15 Å². The highest BCUT2D eigenvalue weighted by Crippen LogP contribution is 2.18. The molecule has 0 atom stereocenters. The molecule has 2 rings (SSSR count). The van der Waals surface area contributed by atoms with E-state index in [1.165, 1.54) is 0 Å². The van der Waals surface area contributed by atoms with Gasteiger partial charge in [-0.3, -0.25) is 4.79 Å². The van der Waals surface area contributed by atoms with Gasteiger partial charge in [0.1, 0.15) is 5.15 Å². The Morgan fingerprint density at radius 2 is 1.84 bits per heavy atom. The number of hydrogen-bond donors (Lipinski definition) is 3. The van der Waals surface area contributed by atoms with E-state index in [0.29, 0.717) is 33.5 Å². The lowest BCUT2D eigenvalue weighted by Gasteiger charge is -2.09. The number of nitrogens with zero attached hydrogens (tertiary/aromatic N) is 1. The van der Waals surface area contributed by atoms with Crippen LogP contribution >= 0.6 is 11.6 Å². The fraction of sp³-hybridized carbons (Fsp3) is 0.0769. The number of pyridine rings is 1. The quantitative estimate of drug-likeness (QED) is 0.580. The van der Waals surface area contributed by atoms with Gasteiger partial charge in [-0.25, -0.2) is 4.98 Å². The summed E-state index contributed by atoms with van der Waals surface area (Å²) in [4.78, 5) is 16.1. The van der Waals surface area contributed by atoms with E-state index in [1.54, 1.807) is 37.3 Å². The van der Waals surface area contributed by atoms with Crippen molar-refractivity contribution in [3.8, 4) is 0 Å². The molecule has 5 nitrogen and oxygen atoms in total. The molecule has 1 heterocycles. The number of hydrogen-bond acceptors (Lipinski definition) is 4. The number of carbonyl (C=O) groups is 1. The van der Waals surface area contributed by atoms with E-state index in [0.717, 1.165) is 0 Å². The zero-order chi connectivity index (χ0) is 14.0. The van der Waals surface area contributed by atoms with Crippen molar-refractivity contribution in [1.29, 1.82) is 0 Å². The Balaban J connectivity index is 2.25. The van der Waals surface area contributed by atoms with Crippen molar-refractivity contribution < 1.29 is 4.79 Å². The molecule has 0 saturated carbocycles. The maximum Gasteiger partial charge on any atom is 0.255 e. The van der Waals surface area contributed by atoms with Crippen molar-refractivity contribution >= 4 is 34.6 Å². The van der Waals surface area contributed by atoms with E-state index in [2.05, 4.69) is 10.3 Å². The van der Waals surface area contributed by atoms with Gasteiger partial charge in [-0.1, -0.05) is 11.6 Å². The topological polar surface area (TPSA) is 94.0 Å². The average Bonchev–Trinajstić information content (AvgIpc) is 2.31. The van der Waals surface area contributed by atoms with Gasteiger partial charge in [0.2, 0.25) is 0 Å². The fourth-order valence-corrected chi connectivity index (χ4v) is 1.85. The molecule has 0 unspecified atom stereocenters. The first kappa shape index (κ1) is 13.2. The minimum absolute atomic E-state index is 0.300. The largest absolute Gasteiger partial charge is 0.399 e. The molecule has 0 fully saturated rings. The van der Waals surface area contributed by atoms with Crippen LogP contribution in [0.1, 0.15) is 16.1 Å². The molecule has 1 aromatic carbocycles. The summed E-state index contributed by atoms with van der Waals surface area (Å²) in [6.07, 6.45) is 0. The van der Waals surface area contributed by atoms with Crippen LogP contribution in [0.4, 0.5) is 17.1 Å². The molecule has 0 spiro atoms. The van der Waals surface area contributed by atoms with E-state index in [4.69, 9.17) is 23.1 Å². The van der Waals surface area contributed by atoms with Crippen LogP contribution in [0.3, 0.4) is 0 Å². The van der Waals surface area contributed by atoms with Gasteiger partial charge in [-0.15, -0.1) is 0 Å². The Morgan fingerprint density at radius 1 is 1.21 bits per heavy atom. The van der Waals surface area contributed by atoms with Gasteiger partial charge in [-0.05, 0) is 37.3 Å². The number of nitrogen functional groups attached to an aromatic ring is 2. The number of nitrogens with two attached hydrogens (primary N) is 2. The van der Waals surface area contributed by atoms with Crippen LogP contribution in [0.25, 0.3) is 0 Å². The van der Waals surface area contributed by atoms with Crippen molar-refractivity contribution in [3.05, 3.63) is 46.7 Å². The number of benzene rings is 1. The molecular weight excluding hydrogens is 264 g/mol. The Kier molecular flexibility index (Phi) is 3.57. The zero-order valence-corrected chi connectivity index (χ0v) is 11.0. The summed E-state index contributed by atoms with van der Waals surface area (Å²) >= 11 is 5.76. The summed E-state index contributed by atoms with van der Waals surface area (Å²) in [7, 11) is 0. The third-order valence-electron chi connectivity index (χ3n) is 2.54. The second kappa shape index (κ2) is 5.16. The summed E-state index contributed by atoms with van der Waals surface area (Å²) in [5.74, 6) is -0.300. The molecular formula is C13H13ClN4O. The highest BCUT2D eigenvalue weighted by molar-refractivity contribution is 6.29. The predicted octanol–water partition coefficient (Wildman–Crippen LogP) is 2.46. The predicted molar refractivity (Wildman–Crippen MR) is 77.2 cm³/mol. The molecule has 6 heteroatoms. The third-order valence-corrected chi connectivity index (χ3v) is 2.75. The first-order valence-electron chi connectivity index (χ1n) is 5.56. The molecule has 0 saturated heterocycles. The third kappa shape index (κ3) is 3.14. The fourth-order valence-electron chi connectivity index (χ4n) is 1.66. The van der Waals surface area contributed by atoms with Crippen LogP contribution in [-0.4, -0.2) is 10.9 Å². The van der Waals surface area contributed by atoms with Crippen LogP contribution in [0.5, 0.6) is 0 Å². The van der Waals surface area contributed by atoms with Crippen LogP contribution in [-0.2, 0) is 0 Å². The number of nitrogens with one attached hydrogen (secondary N) is 1. The van der Waals surface area contributed by atoms with Crippen molar-refractivity contribution in [1.82, 2.24) is 4.98 Å². The van der Waals surface area contributed by atoms with Gasteiger partial charge in [0, 0.05) is 16.9 Å². The average molecular weight is 277 g/mol. The highest BCUT2D eigenvalue weighted by Gasteiger charge is 2.10. The lowest BCUT2D eigenvalue weighted by Crippen LogP contribution is -2.14. The molecule has 1 amide bonds. The molecule has 0 aliphatic carbocycles. The summed E-state index contributed by atoms with van der Waals surface area (Å²) in [5, 5.41) is 3.12. The van der Waals surface area contributed by atoms with Crippen molar-refractivity contribution in [2.24, 2.45) is 0 Å². The van der Waals surface area contributed by atoms with Gasteiger partial charge in [-0.2, -0.15) is 0 Å². The Hall–Kier alpha value is -2.27. The summed E-state index contributed by atoms with van der Waals surface area (Å²) in [6, 6.07) is 8.01. The van der Waals surface area contributed by atoms with Crippen molar-refractivity contribution in [2.75, 3.05) is 16.8 Å². The van der Waals surface area contributed by atoms with Gasteiger partial charge in [0.15, 0.2) is 0 Å². The molecule has 98 valence electrons. The Morgan fingerprint density at radius 3 is 2.42 bits per heavy atom. The van der Waals surface area contributed by atoms with E-state index in [1.807, 2.05) is 0 Å². The highest BCUT2D eigenvalue weighted by atomic mass is 35.5. The molecule has 0 radical (unpaired) electrons. The van der Waals surface area contributed by atoms with Gasteiger partial charge >= 0.3 is 0 Å². The lowest BCUT2D eigenvalue weighted by molar-refractivity contribution is 0.102. The first-order chi connectivity index (χ1) is 8.95. The number of rotatable bonds is 2. The Labute approximate surface area is 115 Å². The molecule has 1 aromatic heterocycles. The molecule has 0 bridgehead atoms. The smallest absolute Gasteiger partial charge is 0.255 e. The summed E-state index contributed by atoms with van der Waals surface area (Å²) in [6.45, 7) is 1.76. The number of aromatic nitrogens is 1. The second-order valence-electron chi connectivity index (χ2n) is 4.11. The molecule has 0 aliphatic heterocycles. The number of aryl methyl sites for hydroxylation is 1. The van der Waals surface area contributed by atoms with Crippen LogP contribution in [0, 0.1) is 6.92 Å². The SMILES string of the molecule is Cc1nc(Cl)ccc1NC(=O)c1cc(N)cc(N)c1. The molecule has 2 aromatic rings. The molecule has 19 heavy (non-hydrogen) atoms. The van der Waals surface area contributed by atoms with Crippen LogP contribution < -0.4 is 16.8 Å². The van der Waals surface area contributed by atoms with Crippen LogP contribution in [0.15, 0.2) is 30.3 Å². The zero-order valence-electron chi connectivity index (χ0n) is 10.3. The van der Waals surface area contributed by atoms with Crippen molar-refractivity contribution in [2.45, 2.75) is 6.92 Å². The number of carbonyl (C=O) groups excluding carboxylic acids is 1. The number of halogens is 1. The number of anilines is 3.